The Hall–Kier alpha value is -2.02. The fraction of sp³-hybridized carbons (Fsp3) is 0.400. The minimum atomic E-state index is -5.12. The number of aromatic nitrogens is 1. The van der Waals surface area contributed by atoms with Gasteiger partial charge in [-0.25, -0.2) is 4.98 Å². The molecule has 0 aliphatic heterocycles. The van der Waals surface area contributed by atoms with Gasteiger partial charge in [-0.1, -0.05) is 0 Å². The highest BCUT2D eigenvalue weighted by molar-refractivity contribution is 5.37. The van der Waals surface area contributed by atoms with E-state index in [-0.39, 0.29) is 0 Å². The van der Waals surface area contributed by atoms with Gasteiger partial charge in [0.05, 0.1) is 23.7 Å². The van der Waals surface area contributed by atoms with Crippen LogP contribution in [0.1, 0.15) is 16.8 Å². The topological polar surface area (TPSA) is 71.9 Å². The molecule has 0 aliphatic carbocycles. The van der Waals surface area contributed by atoms with E-state index in [1.807, 2.05) is 0 Å². The Morgan fingerprint density at radius 1 is 1.25 bits per heavy atom. The maximum atomic E-state index is 12.7. The minimum Gasteiger partial charge on any atom is -0.388 e. The lowest BCUT2D eigenvalue weighted by Crippen LogP contribution is -2.21. The van der Waals surface area contributed by atoms with Crippen molar-refractivity contribution in [1.29, 1.82) is 5.26 Å². The van der Waals surface area contributed by atoms with Gasteiger partial charge in [-0.15, -0.1) is 13.2 Å². The van der Waals surface area contributed by atoms with Gasteiger partial charge in [0.1, 0.15) is 0 Å². The first-order valence-corrected chi connectivity index (χ1v) is 5.01. The van der Waals surface area contributed by atoms with Gasteiger partial charge in [-0.05, 0) is 6.07 Å². The molecule has 0 amide bonds. The Morgan fingerprint density at radius 2 is 1.85 bits per heavy atom. The predicted octanol–water partition coefficient (Wildman–Crippen LogP) is 2.52. The van der Waals surface area contributed by atoms with E-state index in [0.717, 1.165) is 0 Å². The van der Waals surface area contributed by atoms with E-state index in [0.29, 0.717) is 6.07 Å². The normalized spacial score (nSPS) is 12.1. The van der Waals surface area contributed by atoms with Gasteiger partial charge >= 0.3 is 12.5 Å². The smallest absolute Gasteiger partial charge is 0.388 e. The van der Waals surface area contributed by atoms with Crippen molar-refractivity contribution >= 4 is 0 Å². The molecule has 1 rings (SSSR count). The maximum Gasteiger partial charge on any atom is 0.574 e. The van der Waals surface area contributed by atoms with Crippen LogP contribution in [-0.2, 0) is 19.1 Å². The van der Waals surface area contributed by atoms with Crippen LogP contribution in [0.15, 0.2) is 6.07 Å². The fourth-order valence-electron chi connectivity index (χ4n) is 1.37. The van der Waals surface area contributed by atoms with Crippen molar-refractivity contribution in [2.24, 2.45) is 5.73 Å². The molecule has 10 heteroatoms. The second-order valence-electron chi connectivity index (χ2n) is 3.53. The highest BCUT2D eigenvalue weighted by atomic mass is 19.4. The summed E-state index contributed by atoms with van der Waals surface area (Å²) in [6.45, 7) is -0.631. The third-order valence-electron chi connectivity index (χ3n) is 2.12. The van der Waals surface area contributed by atoms with Crippen LogP contribution in [0.4, 0.5) is 26.3 Å². The van der Waals surface area contributed by atoms with Crippen molar-refractivity contribution in [1.82, 2.24) is 4.98 Å². The molecule has 0 atom stereocenters. The minimum absolute atomic E-state index is 0.404. The van der Waals surface area contributed by atoms with E-state index < -0.39 is 48.2 Å². The van der Waals surface area contributed by atoms with E-state index in [1.165, 1.54) is 6.07 Å². The summed E-state index contributed by atoms with van der Waals surface area (Å²) in [5, 5.41) is 8.41. The highest BCUT2D eigenvalue weighted by Crippen LogP contribution is 2.35. The van der Waals surface area contributed by atoms with Gasteiger partial charge in [0.25, 0.3) is 0 Å². The number of alkyl halides is 6. The number of hydrogen-bond acceptors (Lipinski definition) is 4. The number of ether oxygens (including phenoxy) is 1. The second kappa shape index (κ2) is 5.54. The molecule has 110 valence electrons. The molecule has 0 spiro atoms. The van der Waals surface area contributed by atoms with Gasteiger partial charge in [0, 0.05) is 12.1 Å². The number of nitrogens with two attached hydrogens (primary N) is 1. The molecular formula is C10H7F6N3O. The van der Waals surface area contributed by atoms with Gasteiger partial charge < -0.3 is 10.5 Å². The van der Waals surface area contributed by atoms with Crippen molar-refractivity contribution in [2.75, 3.05) is 0 Å². The summed E-state index contributed by atoms with van der Waals surface area (Å²) < 4.78 is 78.0. The van der Waals surface area contributed by atoms with Gasteiger partial charge in [0.2, 0.25) is 5.88 Å². The molecule has 1 aromatic rings. The summed E-state index contributed by atoms with van der Waals surface area (Å²) in [7, 11) is 0. The lowest BCUT2D eigenvalue weighted by atomic mass is 10.1. The zero-order valence-electron chi connectivity index (χ0n) is 9.64. The van der Waals surface area contributed by atoms with Crippen LogP contribution in [0.2, 0.25) is 0 Å². The molecule has 0 aliphatic rings. The molecule has 1 aromatic heterocycles. The molecule has 1 heterocycles. The summed E-state index contributed by atoms with van der Waals surface area (Å²) in [4.78, 5) is 3.12. The van der Waals surface area contributed by atoms with Crippen molar-refractivity contribution < 1.29 is 31.1 Å². The number of halogens is 6. The predicted molar refractivity (Wildman–Crippen MR) is 53.1 cm³/mol. The van der Waals surface area contributed by atoms with Gasteiger partial charge in [-0.2, -0.15) is 18.4 Å². The molecule has 0 saturated carbocycles. The maximum absolute atomic E-state index is 12.7. The van der Waals surface area contributed by atoms with Crippen LogP contribution in [0.5, 0.6) is 5.88 Å². The zero-order valence-corrected chi connectivity index (χ0v) is 9.64. The van der Waals surface area contributed by atoms with Gasteiger partial charge in [0.15, 0.2) is 0 Å². The number of hydrogen-bond donors (Lipinski definition) is 1. The molecule has 0 unspecified atom stereocenters. The monoisotopic (exact) mass is 299 g/mol. The number of nitrogens with zero attached hydrogens (tertiary/aromatic N) is 2. The standard InChI is InChI=1S/C10H7F6N3O/c11-9(12,13)6-3-5(4-18)8(20-10(14,15)16)19-7(6)1-2-17/h3H,1,4,18H2. The fourth-order valence-corrected chi connectivity index (χ4v) is 1.37. The van der Waals surface area contributed by atoms with Crippen LogP contribution in [-0.4, -0.2) is 11.3 Å². The Morgan fingerprint density at radius 3 is 2.25 bits per heavy atom. The lowest BCUT2D eigenvalue weighted by molar-refractivity contribution is -0.276. The average molecular weight is 299 g/mol. The summed E-state index contributed by atoms with van der Waals surface area (Å²) in [6.07, 6.45) is -10.8. The van der Waals surface area contributed by atoms with Crippen LogP contribution in [0, 0.1) is 11.3 Å². The molecule has 0 bridgehead atoms. The van der Waals surface area contributed by atoms with Crippen molar-refractivity contribution in [2.45, 2.75) is 25.5 Å². The molecule has 0 saturated heterocycles. The van der Waals surface area contributed by atoms with E-state index in [2.05, 4.69) is 9.72 Å². The van der Waals surface area contributed by atoms with Crippen LogP contribution < -0.4 is 10.5 Å². The summed E-state index contributed by atoms with van der Waals surface area (Å²) in [5.74, 6) is -1.08. The van der Waals surface area contributed by atoms with E-state index in [1.54, 1.807) is 0 Å². The van der Waals surface area contributed by atoms with E-state index in [9.17, 15) is 26.3 Å². The first kappa shape index (κ1) is 16.0. The second-order valence-corrected chi connectivity index (χ2v) is 3.53. The molecule has 0 fully saturated rings. The quantitative estimate of drug-likeness (QED) is 0.870. The Balaban J connectivity index is 3.41. The van der Waals surface area contributed by atoms with E-state index in [4.69, 9.17) is 11.0 Å². The third-order valence-corrected chi connectivity index (χ3v) is 2.12. The number of rotatable bonds is 3. The van der Waals surface area contributed by atoms with Crippen molar-refractivity contribution in [3.8, 4) is 11.9 Å². The lowest BCUT2D eigenvalue weighted by Gasteiger charge is -2.16. The molecule has 20 heavy (non-hydrogen) atoms. The SMILES string of the molecule is N#CCc1nc(OC(F)(F)F)c(CN)cc1C(F)(F)F. The summed E-state index contributed by atoms with van der Waals surface area (Å²) >= 11 is 0. The Kier molecular flexibility index (Phi) is 4.44. The average Bonchev–Trinajstić information content (AvgIpc) is 2.26. The molecule has 2 N–H and O–H groups in total. The highest BCUT2D eigenvalue weighted by Gasteiger charge is 2.37. The Bertz CT molecular complexity index is 532. The first-order chi connectivity index (χ1) is 9.08. The molecular weight excluding hydrogens is 292 g/mol. The Labute approximate surface area is 108 Å². The first-order valence-electron chi connectivity index (χ1n) is 5.01. The number of pyridine rings is 1. The van der Waals surface area contributed by atoms with Crippen LogP contribution in [0.3, 0.4) is 0 Å². The largest absolute Gasteiger partial charge is 0.574 e. The zero-order chi connectivity index (χ0) is 15.6. The van der Waals surface area contributed by atoms with Crippen LogP contribution in [0.25, 0.3) is 0 Å². The van der Waals surface area contributed by atoms with Gasteiger partial charge in [-0.3, -0.25) is 0 Å². The van der Waals surface area contributed by atoms with Crippen LogP contribution >= 0.6 is 0 Å². The van der Waals surface area contributed by atoms with E-state index >= 15 is 0 Å². The summed E-state index contributed by atoms with van der Waals surface area (Å²) in [5.41, 5.74) is 2.37. The molecule has 0 radical (unpaired) electrons. The van der Waals surface area contributed by atoms with Crippen molar-refractivity contribution in [3.63, 3.8) is 0 Å². The molecule has 0 aromatic carbocycles. The molecule has 4 nitrogen and oxygen atoms in total. The number of nitriles is 1. The summed E-state index contributed by atoms with van der Waals surface area (Å²) in [6, 6.07) is 1.80. The third kappa shape index (κ3) is 3.99. The van der Waals surface area contributed by atoms with Crippen molar-refractivity contribution in [3.05, 3.63) is 22.9 Å².